The van der Waals surface area contributed by atoms with Crippen LogP contribution < -0.4 is 10.5 Å². The third-order valence-electron chi connectivity index (χ3n) is 5.55. The van der Waals surface area contributed by atoms with Crippen molar-refractivity contribution >= 4 is 17.0 Å². The van der Waals surface area contributed by atoms with Crippen LogP contribution in [0.2, 0.25) is 0 Å². The first kappa shape index (κ1) is 18.8. The number of ether oxygens (including phenoxy) is 1. The Bertz CT molecular complexity index is 1280. The van der Waals surface area contributed by atoms with Gasteiger partial charge in [0.25, 0.3) is 0 Å². The van der Waals surface area contributed by atoms with Gasteiger partial charge in [0.2, 0.25) is 6.33 Å². The molecule has 0 saturated carbocycles. The van der Waals surface area contributed by atoms with E-state index < -0.39 is 5.41 Å². The molecule has 0 spiro atoms. The summed E-state index contributed by atoms with van der Waals surface area (Å²) in [4.78, 5) is 16.5. The minimum Gasteiger partial charge on any atom is -0.497 e. The SMILES string of the molecule is COc1ccc(C(c2ccccc2)(c2ccccc2)c2nc3c(N)n[c]nc3[nH]2)cc1. The molecule has 0 atom stereocenters. The number of benzene rings is 3. The van der Waals surface area contributed by atoms with Gasteiger partial charge in [-0.25, -0.2) is 15.0 Å². The highest BCUT2D eigenvalue weighted by Crippen LogP contribution is 2.44. The second-order valence-electron chi connectivity index (χ2n) is 7.20. The lowest BCUT2D eigenvalue weighted by Crippen LogP contribution is -2.32. The number of nitrogen functional groups attached to an aromatic ring is 1. The summed E-state index contributed by atoms with van der Waals surface area (Å²) in [6, 6.07) is 28.6. The number of imidazole rings is 1. The average molecular weight is 406 g/mol. The van der Waals surface area contributed by atoms with Gasteiger partial charge in [0.15, 0.2) is 11.5 Å². The van der Waals surface area contributed by atoms with E-state index in [0.717, 1.165) is 22.4 Å². The summed E-state index contributed by atoms with van der Waals surface area (Å²) in [6.07, 6.45) is 2.59. The van der Waals surface area contributed by atoms with Gasteiger partial charge in [-0.15, -0.1) is 0 Å². The summed E-state index contributed by atoms with van der Waals surface area (Å²) in [5, 5.41) is 0. The van der Waals surface area contributed by atoms with Gasteiger partial charge >= 0.3 is 0 Å². The fourth-order valence-electron chi connectivity index (χ4n) is 4.11. The molecular formula is C25H20N5O. The lowest BCUT2D eigenvalue weighted by Gasteiger charge is -2.34. The van der Waals surface area contributed by atoms with E-state index >= 15 is 0 Å². The Labute approximate surface area is 179 Å². The number of aromatic amines is 1. The van der Waals surface area contributed by atoms with Crippen LogP contribution in [0.4, 0.5) is 5.82 Å². The third-order valence-corrected chi connectivity index (χ3v) is 5.55. The van der Waals surface area contributed by atoms with E-state index in [9.17, 15) is 0 Å². The third kappa shape index (κ3) is 3.00. The summed E-state index contributed by atoms with van der Waals surface area (Å²) in [6.45, 7) is 0. The Balaban J connectivity index is 1.90. The molecule has 6 nitrogen and oxygen atoms in total. The molecule has 151 valence electrons. The molecule has 3 N–H and O–H groups in total. The van der Waals surface area contributed by atoms with Crippen molar-refractivity contribution in [2.45, 2.75) is 5.41 Å². The molecule has 6 heteroatoms. The molecule has 5 rings (SSSR count). The van der Waals surface area contributed by atoms with Gasteiger partial charge in [0.05, 0.1) is 7.11 Å². The molecule has 0 amide bonds. The zero-order chi connectivity index (χ0) is 21.3. The van der Waals surface area contributed by atoms with Gasteiger partial charge in [-0.3, -0.25) is 0 Å². The number of H-pyrrole nitrogens is 1. The van der Waals surface area contributed by atoms with Gasteiger partial charge in [-0.1, -0.05) is 72.8 Å². The molecule has 2 heterocycles. The number of hydrogen-bond acceptors (Lipinski definition) is 5. The van der Waals surface area contributed by atoms with Crippen LogP contribution in [0.1, 0.15) is 22.5 Å². The van der Waals surface area contributed by atoms with Crippen LogP contribution in [0.15, 0.2) is 84.9 Å². The van der Waals surface area contributed by atoms with Crippen LogP contribution in [-0.2, 0) is 5.41 Å². The van der Waals surface area contributed by atoms with Crippen molar-refractivity contribution in [2.24, 2.45) is 0 Å². The molecule has 0 fully saturated rings. The lowest BCUT2D eigenvalue weighted by molar-refractivity contribution is 0.414. The molecule has 0 bridgehead atoms. The summed E-state index contributed by atoms with van der Waals surface area (Å²) >= 11 is 0. The molecule has 1 radical (unpaired) electrons. The van der Waals surface area contributed by atoms with E-state index in [1.807, 2.05) is 48.5 Å². The maximum absolute atomic E-state index is 6.09. The summed E-state index contributed by atoms with van der Waals surface area (Å²) in [5.74, 6) is 1.77. The van der Waals surface area contributed by atoms with Crippen molar-refractivity contribution < 1.29 is 4.74 Å². The number of nitrogens with one attached hydrogen (secondary N) is 1. The van der Waals surface area contributed by atoms with Crippen molar-refractivity contribution in [1.82, 2.24) is 19.9 Å². The van der Waals surface area contributed by atoms with Crippen molar-refractivity contribution in [3.63, 3.8) is 0 Å². The number of methoxy groups -OCH3 is 1. The standard InChI is InChI=1S/C25H20N5O/c1-31-20-14-12-19(13-15-20)25(17-8-4-2-5-9-17,18-10-6-3-7-11-18)24-29-21-22(26)27-16-28-23(21)30-24/h2-15H,1H3,(H3,26,27,28,29,30). The molecule has 0 aliphatic rings. The molecular weight excluding hydrogens is 386 g/mol. The fourth-order valence-corrected chi connectivity index (χ4v) is 4.11. The lowest BCUT2D eigenvalue weighted by atomic mass is 9.69. The number of hydrogen-bond donors (Lipinski definition) is 2. The quantitative estimate of drug-likeness (QED) is 0.429. The monoisotopic (exact) mass is 406 g/mol. The number of anilines is 1. The Morgan fingerprint density at radius 1 is 0.806 bits per heavy atom. The molecule has 0 unspecified atom stereocenters. The topological polar surface area (TPSA) is 89.7 Å². The first-order valence-corrected chi connectivity index (χ1v) is 9.89. The second kappa shape index (κ2) is 7.57. The molecule has 2 aromatic heterocycles. The number of aromatic nitrogens is 4. The predicted octanol–water partition coefficient (Wildman–Crippen LogP) is 4.13. The largest absolute Gasteiger partial charge is 0.497 e. The van der Waals surface area contributed by atoms with Crippen molar-refractivity contribution in [3.05, 3.63) is 114 Å². The molecule has 3 aromatic carbocycles. The number of nitrogens with zero attached hydrogens (tertiary/aromatic N) is 3. The van der Waals surface area contributed by atoms with Crippen molar-refractivity contribution in [2.75, 3.05) is 12.8 Å². The van der Waals surface area contributed by atoms with Crippen LogP contribution in [0, 0.1) is 6.33 Å². The minimum absolute atomic E-state index is 0.289. The van der Waals surface area contributed by atoms with E-state index in [4.69, 9.17) is 15.5 Å². The zero-order valence-corrected chi connectivity index (χ0v) is 16.9. The Morgan fingerprint density at radius 2 is 1.39 bits per heavy atom. The first-order chi connectivity index (χ1) is 15.2. The number of nitrogens with two attached hydrogens (primary N) is 1. The normalized spacial score (nSPS) is 11.5. The van der Waals surface area contributed by atoms with Gasteiger partial charge in [-0.05, 0) is 28.8 Å². The van der Waals surface area contributed by atoms with Gasteiger partial charge in [0.1, 0.15) is 22.5 Å². The van der Waals surface area contributed by atoms with E-state index in [1.54, 1.807) is 7.11 Å². The maximum Gasteiger partial charge on any atom is 0.201 e. The van der Waals surface area contributed by atoms with E-state index in [1.165, 1.54) is 0 Å². The zero-order valence-electron chi connectivity index (χ0n) is 16.9. The Morgan fingerprint density at radius 3 is 1.94 bits per heavy atom. The summed E-state index contributed by atoms with van der Waals surface area (Å²) < 4.78 is 5.40. The van der Waals surface area contributed by atoms with Crippen LogP contribution in [0.25, 0.3) is 11.2 Å². The predicted molar refractivity (Wildman–Crippen MR) is 120 cm³/mol. The van der Waals surface area contributed by atoms with Crippen LogP contribution in [-0.4, -0.2) is 27.0 Å². The molecule has 0 aliphatic heterocycles. The van der Waals surface area contributed by atoms with Crippen LogP contribution in [0.3, 0.4) is 0 Å². The Hall–Kier alpha value is -4.19. The van der Waals surface area contributed by atoms with E-state index in [2.05, 4.69) is 57.7 Å². The van der Waals surface area contributed by atoms with Gasteiger partial charge < -0.3 is 15.5 Å². The number of rotatable bonds is 5. The fraction of sp³-hybridized carbons (Fsp3) is 0.0800. The molecule has 0 aliphatic carbocycles. The van der Waals surface area contributed by atoms with Crippen molar-refractivity contribution in [1.29, 1.82) is 0 Å². The summed E-state index contributed by atoms with van der Waals surface area (Å²) in [7, 11) is 1.66. The molecule has 31 heavy (non-hydrogen) atoms. The van der Waals surface area contributed by atoms with E-state index in [-0.39, 0.29) is 5.82 Å². The number of fused-ring (bicyclic) bond motifs is 1. The first-order valence-electron chi connectivity index (χ1n) is 9.89. The average Bonchev–Trinajstić information content (AvgIpc) is 3.27. The summed E-state index contributed by atoms with van der Waals surface area (Å²) in [5.41, 5.74) is 9.57. The van der Waals surface area contributed by atoms with E-state index in [0.29, 0.717) is 17.0 Å². The van der Waals surface area contributed by atoms with Crippen molar-refractivity contribution in [3.8, 4) is 5.75 Å². The highest BCUT2D eigenvalue weighted by Gasteiger charge is 2.41. The van der Waals surface area contributed by atoms with Gasteiger partial charge in [-0.2, -0.15) is 0 Å². The maximum atomic E-state index is 6.09. The van der Waals surface area contributed by atoms with Crippen LogP contribution in [0.5, 0.6) is 5.75 Å². The highest BCUT2D eigenvalue weighted by molar-refractivity contribution is 5.82. The second-order valence-corrected chi connectivity index (χ2v) is 7.20. The smallest absolute Gasteiger partial charge is 0.201 e. The Kier molecular flexibility index (Phi) is 4.59. The minimum atomic E-state index is -0.734. The molecule has 5 aromatic rings. The highest BCUT2D eigenvalue weighted by atomic mass is 16.5. The van der Waals surface area contributed by atoms with Crippen LogP contribution >= 0.6 is 0 Å². The molecule has 0 saturated heterocycles. The van der Waals surface area contributed by atoms with Gasteiger partial charge in [0, 0.05) is 0 Å².